The number of hydrogen-bond donors (Lipinski definition) is 1. The minimum atomic E-state index is 0.265. The molecule has 0 radical (unpaired) electrons. The summed E-state index contributed by atoms with van der Waals surface area (Å²) in [5.74, 6) is 0. The summed E-state index contributed by atoms with van der Waals surface area (Å²) in [5.41, 5.74) is 4.96. The van der Waals surface area contributed by atoms with Crippen LogP contribution < -0.4 is 5.32 Å². The second-order valence-electron chi connectivity index (χ2n) is 4.62. The van der Waals surface area contributed by atoms with Gasteiger partial charge in [0.15, 0.2) is 0 Å². The molecule has 1 atom stereocenters. The lowest BCUT2D eigenvalue weighted by molar-refractivity contribution is 0.871. The Morgan fingerprint density at radius 2 is 1.94 bits per heavy atom. The molecule has 3 heteroatoms. The maximum Gasteiger partial charge on any atom is 0.0542 e. The molecular weight excluding hydrogens is 288 g/mol. The summed E-state index contributed by atoms with van der Waals surface area (Å²) in [5, 5.41) is 3.47. The Balaban J connectivity index is 2.19. The molecule has 1 N–H and O–H groups in total. The van der Waals surface area contributed by atoms with Crippen LogP contribution in [0.25, 0.3) is 0 Å². The molecule has 2 rings (SSSR count). The van der Waals surface area contributed by atoms with Crippen LogP contribution in [0.5, 0.6) is 0 Å². The van der Waals surface area contributed by atoms with E-state index in [2.05, 4.69) is 65.2 Å². The number of halogens is 1. The molecule has 18 heavy (non-hydrogen) atoms. The maximum absolute atomic E-state index is 4.16. The molecule has 0 saturated carbocycles. The van der Waals surface area contributed by atoms with Crippen LogP contribution in [-0.4, -0.2) is 4.98 Å². The number of aryl methyl sites for hydroxylation is 2. The van der Waals surface area contributed by atoms with Crippen molar-refractivity contribution in [3.8, 4) is 0 Å². The Morgan fingerprint density at radius 3 is 2.61 bits per heavy atom. The summed E-state index contributed by atoms with van der Waals surface area (Å²) >= 11 is 3.43. The number of nitrogens with zero attached hydrogens (tertiary/aromatic N) is 1. The first-order valence-electron chi connectivity index (χ1n) is 6.00. The number of benzene rings is 1. The fraction of sp³-hybridized carbons (Fsp3) is 0.267. The molecule has 1 aromatic heterocycles. The topological polar surface area (TPSA) is 24.9 Å². The zero-order chi connectivity index (χ0) is 13.1. The van der Waals surface area contributed by atoms with Gasteiger partial charge >= 0.3 is 0 Å². The van der Waals surface area contributed by atoms with Gasteiger partial charge in [0, 0.05) is 16.7 Å². The van der Waals surface area contributed by atoms with E-state index < -0.39 is 0 Å². The van der Waals surface area contributed by atoms with E-state index in [1.807, 2.05) is 12.3 Å². The van der Waals surface area contributed by atoms with Crippen LogP contribution in [0.3, 0.4) is 0 Å². The van der Waals surface area contributed by atoms with Gasteiger partial charge in [0.1, 0.15) is 0 Å². The van der Waals surface area contributed by atoms with Crippen molar-refractivity contribution in [2.45, 2.75) is 26.8 Å². The standard InChI is InChI=1S/C15H17BrN2/c1-10-4-5-15(11(2)6-10)12(3)18-14-7-13(16)8-17-9-14/h4-9,12,18H,1-3H3. The summed E-state index contributed by atoms with van der Waals surface area (Å²) in [6.45, 7) is 6.44. The average Bonchev–Trinajstić information content (AvgIpc) is 2.28. The molecule has 94 valence electrons. The summed E-state index contributed by atoms with van der Waals surface area (Å²) in [4.78, 5) is 4.16. The molecule has 1 heterocycles. The van der Waals surface area contributed by atoms with Crippen LogP contribution in [-0.2, 0) is 0 Å². The molecule has 0 bridgehead atoms. The third-order valence-electron chi connectivity index (χ3n) is 2.98. The van der Waals surface area contributed by atoms with Gasteiger partial charge in [0.05, 0.1) is 11.9 Å². The monoisotopic (exact) mass is 304 g/mol. The van der Waals surface area contributed by atoms with Gasteiger partial charge in [-0.3, -0.25) is 4.98 Å². The zero-order valence-electron chi connectivity index (χ0n) is 10.9. The minimum absolute atomic E-state index is 0.265. The number of aromatic nitrogens is 1. The van der Waals surface area contributed by atoms with E-state index in [0.717, 1.165) is 10.2 Å². The highest BCUT2D eigenvalue weighted by atomic mass is 79.9. The Hall–Kier alpha value is -1.35. The predicted molar refractivity (Wildman–Crippen MR) is 79.9 cm³/mol. The highest BCUT2D eigenvalue weighted by Gasteiger charge is 2.08. The van der Waals surface area contributed by atoms with Crippen LogP contribution in [0.1, 0.15) is 29.7 Å². The Kier molecular flexibility index (Phi) is 4.02. The molecule has 0 aliphatic carbocycles. The van der Waals surface area contributed by atoms with Crippen LogP contribution in [0, 0.1) is 13.8 Å². The molecule has 2 nitrogen and oxygen atoms in total. The summed E-state index contributed by atoms with van der Waals surface area (Å²) in [6, 6.07) is 8.86. The number of rotatable bonds is 3. The van der Waals surface area contributed by atoms with E-state index in [1.165, 1.54) is 16.7 Å². The Morgan fingerprint density at radius 1 is 1.17 bits per heavy atom. The van der Waals surface area contributed by atoms with E-state index in [1.54, 1.807) is 6.20 Å². The highest BCUT2D eigenvalue weighted by molar-refractivity contribution is 9.10. The third kappa shape index (κ3) is 3.10. The van der Waals surface area contributed by atoms with Crippen molar-refractivity contribution in [2.75, 3.05) is 5.32 Å². The van der Waals surface area contributed by atoms with Gasteiger partial charge in [0.25, 0.3) is 0 Å². The molecular formula is C15H17BrN2. The van der Waals surface area contributed by atoms with Gasteiger partial charge in [-0.1, -0.05) is 23.8 Å². The minimum Gasteiger partial charge on any atom is -0.377 e. The van der Waals surface area contributed by atoms with Crippen molar-refractivity contribution >= 4 is 21.6 Å². The molecule has 2 aromatic rings. The Bertz CT molecular complexity index is 552. The first-order chi connectivity index (χ1) is 8.56. The lowest BCUT2D eigenvalue weighted by Crippen LogP contribution is -2.08. The van der Waals surface area contributed by atoms with Gasteiger partial charge in [0.2, 0.25) is 0 Å². The molecule has 0 saturated heterocycles. The van der Waals surface area contributed by atoms with Crippen LogP contribution in [0.15, 0.2) is 41.1 Å². The van der Waals surface area contributed by atoms with Crippen LogP contribution in [0.2, 0.25) is 0 Å². The van der Waals surface area contributed by atoms with Crippen LogP contribution in [0.4, 0.5) is 5.69 Å². The van der Waals surface area contributed by atoms with Crippen molar-refractivity contribution in [1.29, 1.82) is 0 Å². The van der Waals surface area contributed by atoms with Gasteiger partial charge < -0.3 is 5.32 Å². The molecule has 1 aromatic carbocycles. The largest absolute Gasteiger partial charge is 0.377 e. The molecule has 0 aliphatic rings. The second kappa shape index (κ2) is 5.53. The SMILES string of the molecule is Cc1ccc(C(C)Nc2cncc(Br)c2)c(C)c1. The van der Waals surface area contributed by atoms with Crippen molar-refractivity contribution in [1.82, 2.24) is 4.98 Å². The summed E-state index contributed by atoms with van der Waals surface area (Å²) in [6.07, 6.45) is 3.62. The van der Waals surface area contributed by atoms with Crippen LogP contribution >= 0.6 is 15.9 Å². The Labute approximate surface area is 117 Å². The van der Waals surface area contributed by atoms with E-state index in [0.29, 0.717) is 0 Å². The molecule has 0 spiro atoms. The van der Waals surface area contributed by atoms with E-state index in [4.69, 9.17) is 0 Å². The first kappa shape index (κ1) is 13.1. The smallest absolute Gasteiger partial charge is 0.0542 e. The number of hydrogen-bond acceptors (Lipinski definition) is 2. The van der Waals surface area contributed by atoms with Crippen molar-refractivity contribution in [3.63, 3.8) is 0 Å². The lowest BCUT2D eigenvalue weighted by atomic mass is 10.0. The van der Waals surface area contributed by atoms with Gasteiger partial charge in [-0.05, 0) is 53.9 Å². The van der Waals surface area contributed by atoms with Crippen molar-refractivity contribution in [3.05, 3.63) is 57.8 Å². The molecule has 0 aliphatic heterocycles. The van der Waals surface area contributed by atoms with Gasteiger partial charge in [-0.2, -0.15) is 0 Å². The van der Waals surface area contributed by atoms with E-state index >= 15 is 0 Å². The van der Waals surface area contributed by atoms with Crippen molar-refractivity contribution < 1.29 is 0 Å². The normalized spacial score (nSPS) is 12.2. The zero-order valence-corrected chi connectivity index (χ0v) is 12.5. The first-order valence-corrected chi connectivity index (χ1v) is 6.80. The number of nitrogens with one attached hydrogen (secondary N) is 1. The third-order valence-corrected chi connectivity index (χ3v) is 3.41. The quantitative estimate of drug-likeness (QED) is 0.894. The number of anilines is 1. The van der Waals surface area contributed by atoms with E-state index in [9.17, 15) is 0 Å². The highest BCUT2D eigenvalue weighted by Crippen LogP contribution is 2.23. The molecule has 0 amide bonds. The maximum atomic E-state index is 4.16. The van der Waals surface area contributed by atoms with E-state index in [-0.39, 0.29) is 6.04 Å². The summed E-state index contributed by atoms with van der Waals surface area (Å²) < 4.78 is 0.986. The van der Waals surface area contributed by atoms with Crippen molar-refractivity contribution in [2.24, 2.45) is 0 Å². The summed E-state index contributed by atoms with van der Waals surface area (Å²) in [7, 11) is 0. The molecule has 1 unspecified atom stereocenters. The number of pyridine rings is 1. The van der Waals surface area contributed by atoms with Gasteiger partial charge in [-0.15, -0.1) is 0 Å². The second-order valence-corrected chi connectivity index (χ2v) is 5.53. The fourth-order valence-electron chi connectivity index (χ4n) is 2.13. The molecule has 0 fully saturated rings. The lowest BCUT2D eigenvalue weighted by Gasteiger charge is -2.18. The fourth-order valence-corrected chi connectivity index (χ4v) is 2.49. The average molecular weight is 305 g/mol. The predicted octanol–water partition coefficient (Wildman–Crippen LogP) is 4.63. The van der Waals surface area contributed by atoms with Gasteiger partial charge in [-0.25, -0.2) is 0 Å².